The van der Waals surface area contributed by atoms with Crippen LogP contribution in [0.2, 0.25) is 0 Å². The van der Waals surface area contributed by atoms with Crippen molar-refractivity contribution in [1.29, 1.82) is 0 Å². The number of carbonyl (C=O) groups excluding carboxylic acids is 1. The summed E-state index contributed by atoms with van der Waals surface area (Å²) < 4.78 is 6.58. The lowest BCUT2D eigenvalue weighted by molar-refractivity contribution is 0.0817. The van der Waals surface area contributed by atoms with Gasteiger partial charge in [-0.2, -0.15) is 0 Å². The summed E-state index contributed by atoms with van der Waals surface area (Å²) in [5, 5.41) is 0. The van der Waals surface area contributed by atoms with Gasteiger partial charge in [0, 0.05) is 5.56 Å². The van der Waals surface area contributed by atoms with E-state index in [1.165, 1.54) is 0 Å². The summed E-state index contributed by atoms with van der Waals surface area (Å²) in [5.74, 6) is 0.662. The fourth-order valence-electron chi connectivity index (χ4n) is 1.78. The third kappa shape index (κ3) is 3.44. The quantitative estimate of drug-likeness (QED) is 0.781. The molecule has 0 saturated carbocycles. The lowest BCUT2D eigenvalue weighted by Gasteiger charge is -2.15. The van der Waals surface area contributed by atoms with Crippen molar-refractivity contribution >= 4 is 21.7 Å². The van der Waals surface area contributed by atoms with Gasteiger partial charge in [-0.3, -0.25) is 4.79 Å². The van der Waals surface area contributed by atoms with Crippen LogP contribution < -0.4 is 4.74 Å². The maximum Gasteiger partial charge on any atom is 0.202 e. The van der Waals surface area contributed by atoms with Crippen LogP contribution in [-0.2, 0) is 0 Å². The van der Waals surface area contributed by atoms with E-state index in [1.54, 1.807) is 19.1 Å². The second-order valence-electron chi connectivity index (χ2n) is 4.42. The number of halogens is 1. The molecule has 2 aromatic carbocycles. The number of hydrogen-bond donors (Lipinski definition) is 0. The number of aryl methyl sites for hydroxylation is 1. The molecule has 0 radical (unpaired) electrons. The Kier molecular flexibility index (Phi) is 4.38. The van der Waals surface area contributed by atoms with Crippen molar-refractivity contribution in [2.75, 3.05) is 0 Å². The van der Waals surface area contributed by atoms with Gasteiger partial charge in [-0.1, -0.05) is 36.4 Å². The third-order valence-electron chi connectivity index (χ3n) is 2.82. The summed E-state index contributed by atoms with van der Waals surface area (Å²) in [7, 11) is 0. The Morgan fingerprint density at radius 2 is 1.84 bits per heavy atom. The highest BCUT2D eigenvalue weighted by molar-refractivity contribution is 9.10. The Bertz CT molecular complexity index is 579. The van der Waals surface area contributed by atoms with Crippen LogP contribution in [0.1, 0.15) is 22.8 Å². The minimum Gasteiger partial charge on any atom is -0.481 e. The number of ketones is 1. The molecule has 0 aliphatic heterocycles. The predicted molar refractivity (Wildman–Crippen MR) is 79.7 cm³/mol. The van der Waals surface area contributed by atoms with E-state index in [0.29, 0.717) is 11.3 Å². The summed E-state index contributed by atoms with van der Waals surface area (Å²) in [6.45, 7) is 3.77. The molecule has 0 aliphatic carbocycles. The molecule has 19 heavy (non-hydrogen) atoms. The van der Waals surface area contributed by atoms with E-state index < -0.39 is 6.10 Å². The predicted octanol–water partition coefficient (Wildman–Crippen LogP) is 4.41. The van der Waals surface area contributed by atoms with E-state index in [4.69, 9.17) is 4.74 Å². The molecule has 0 saturated heterocycles. The minimum atomic E-state index is -0.513. The molecule has 0 amide bonds. The van der Waals surface area contributed by atoms with Crippen molar-refractivity contribution in [3.05, 3.63) is 64.1 Å². The first-order chi connectivity index (χ1) is 9.08. The van der Waals surface area contributed by atoms with Crippen molar-refractivity contribution in [2.45, 2.75) is 20.0 Å². The number of benzene rings is 2. The van der Waals surface area contributed by atoms with Crippen molar-refractivity contribution in [3.63, 3.8) is 0 Å². The number of hydrogen-bond acceptors (Lipinski definition) is 2. The van der Waals surface area contributed by atoms with Gasteiger partial charge in [0.15, 0.2) is 6.10 Å². The van der Waals surface area contributed by atoms with E-state index in [-0.39, 0.29) is 5.78 Å². The molecule has 0 N–H and O–H groups in total. The fraction of sp³-hybridized carbons (Fsp3) is 0.188. The molecule has 2 rings (SSSR count). The summed E-state index contributed by atoms with van der Waals surface area (Å²) in [4.78, 5) is 12.2. The monoisotopic (exact) mass is 318 g/mol. The van der Waals surface area contributed by atoms with Gasteiger partial charge in [-0.25, -0.2) is 0 Å². The topological polar surface area (TPSA) is 26.3 Å². The number of carbonyl (C=O) groups is 1. The smallest absolute Gasteiger partial charge is 0.202 e. The van der Waals surface area contributed by atoms with Gasteiger partial charge >= 0.3 is 0 Å². The van der Waals surface area contributed by atoms with Crippen molar-refractivity contribution in [3.8, 4) is 5.75 Å². The summed E-state index contributed by atoms with van der Waals surface area (Å²) in [6.07, 6.45) is -0.513. The van der Waals surface area contributed by atoms with Gasteiger partial charge in [-0.05, 0) is 47.5 Å². The standard InChI is InChI=1S/C16H15BrO2/c1-11-8-9-15(14(17)10-11)19-12(2)16(18)13-6-4-3-5-7-13/h3-10,12H,1-2H3/t12-/m0/s1. The zero-order chi connectivity index (χ0) is 13.8. The van der Waals surface area contributed by atoms with Crippen LogP contribution in [0, 0.1) is 6.92 Å². The molecular formula is C16H15BrO2. The number of ether oxygens (including phenoxy) is 1. The van der Waals surface area contributed by atoms with E-state index in [9.17, 15) is 4.79 Å². The highest BCUT2D eigenvalue weighted by Gasteiger charge is 2.17. The zero-order valence-electron chi connectivity index (χ0n) is 10.9. The molecule has 0 aromatic heterocycles. The Balaban J connectivity index is 2.13. The van der Waals surface area contributed by atoms with Crippen LogP contribution in [-0.4, -0.2) is 11.9 Å². The average Bonchev–Trinajstić information content (AvgIpc) is 2.42. The maximum atomic E-state index is 12.2. The second kappa shape index (κ2) is 6.02. The van der Waals surface area contributed by atoms with Crippen LogP contribution in [0.15, 0.2) is 53.0 Å². The molecule has 2 nitrogen and oxygen atoms in total. The van der Waals surface area contributed by atoms with Crippen molar-refractivity contribution < 1.29 is 9.53 Å². The molecule has 0 bridgehead atoms. The molecule has 2 aromatic rings. The Morgan fingerprint density at radius 1 is 1.16 bits per heavy atom. The largest absolute Gasteiger partial charge is 0.481 e. The molecule has 98 valence electrons. The third-order valence-corrected chi connectivity index (χ3v) is 3.44. The highest BCUT2D eigenvalue weighted by Crippen LogP contribution is 2.27. The van der Waals surface area contributed by atoms with Gasteiger partial charge in [0.05, 0.1) is 4.47 Å². The van der Waals surface area contributed by atoms with E-state index >= 15 is 0 Å². The van der Waals surface area contributed by atoms with E-state index in [0.717, 1.165) is 10.0 Å². The molecule has 0 fully saturated rings. The first-order valence-corrected chi connectivity index (χ1v) is 6.89. The molecule has 0 spiro atoms. The summed E-state index contributed by atoms with van der Waals surface area (Å²) in [5.41, 5.74) is 1.81. The lowest BCUT2D eigenvalue weighted by atomic mass is 10.1. The van der Waals surface area contributed by atoms with Gasteiger partial charge in [0.2, 0.25) is 5.78 Å². The first kappa shape index (κ1) is 13.8. The Labute approximate surface area is 121 Å². The first-order valence-electron chi connectivity index (χ1n) is 6.10. The molecule has 0 unspecified atom stereocenters. The normalized spacial score (nSPS) is 11.9. The lowest BCUT2D eigenvalue weighted by Crippen LogP contribution is -2.24. The van der Waals surface area contributed by atoms with Crippen LogP contribution in [0.4, 0.5) is 0 Å². The fourth-order valence-corrected chi connectivity index (χ4v) is 2.37. The van der Waals surface area contributed by atoms with Crippen LogP contribution in [0.5, 0.6) is 5.75 Å². The second-order valence-corrected chi connectivity index (χ2v) is 5.28. The summed E-state index contributed by atoms with van der Waals surface area (Å²) >= 11 is 3.44. The van der Waals surface area contributed by atoms with E-state index in [1.807, 2.05) is 43.3 Å². The Hall–Kier alpha value is -1.61. The summed E-state index contributed by atoms with van der Waals surface area (Å²) in [6, 6.07) is 15.0. The van der Waals surface area contributed by atoms with Crippen molar-refractivity contribution in [1.82, 2.24) is 0 Å². The van der Waals surface area contributed by atoms with Crippen LogP contribution >= 0.6 is 15.9 Å². The number of rotatable bonds is 4. The Morgan fingerprint density at radius 3 is 2.47 bits per heavy atom. The molecule has 3 heteroatoms. The molecular weight excluding hydrogens is 304 g/mol. The van der Waals surface area contributed by atoms with Crippen LogP contribution in [0.3, 0.4) is 0 Å². The van der Waals surface area contributed by atoms with E-state index in [2.05, 4.69) is 15.9 Å². The number of Topliss-reactive ketones (excluding diaryl/α,β-unsaturated/α-hetero) is 1. The van der Waals surface area contributed by atoms with Gasteiger partial charge in [0.1, 0.15) is 5.75 Å². The minimum absolute atomic E-state index is 0.0203. The molecule has 0 aliphatic rings. The van der Waals surface area contributed by atoms with Gasteiger partial charge in [0.25, 0.3) is 0 Å². The van der Waals surface area contributed by atoms with Gasteiger partial charge < -0.3 is 4.74 Å². The highest BCUT2D eigenvalue weighted by atomic mass is 79.9. The van der Waals surface area contributed by atoms with Crippen molar-refractivity contribution in [2.24, 2.45) is 0 Å². The molecule has 1 atom stereocenters. The average molecular weight is 319 g/mol. The zero-order valence-corrected chi connectivity index (χ0v) is 12.5. The SMILES string of the molecule is Cc1ccc(O[C@@H](C)C(=O)c2ccccc2)c(Br)c1. The maximum absolute atomic E-state index is 12.2. The molecule has 0 heterocycles. The van der Waals surface area contributed by atoms with Crippen LogP contribution in [0.25, 0.3) is 0 Å². The van der Waals surface area contributed by atoms with Gasteiger partial charge in [-0.15, -0.1) is 0 Å².